The number of ether oxygens (including phenoxy) is 2. The Balaban J connectivity index is 1.14. The highest BCUT2D eigenvalue weighted by molar-refractivity contribution is 7.32. The van der Waals surface area contributed by atoms with Crippen molar-refractivity contribution in [2.75, 3.05) is 38.9 Å². The summed E-state index contributed by atoms with van der Waals surface area (Å²) in [4.78, 5) is 8.74. The lowest BCUT2D eigenvalue weighted by molar-refractivity contribution is 0.0866. The van der Waals surface area contributed by atoms with Crippen LogP contribution in [0.1, 0.15) is 68.7 Å². The van der Waals surface area contributed by atoms with E-state index >= 15 is 0 Å². The van der Waals surface area contributed by atoms with Gasteiger partial charge >= 0.3 is 8.80 Å². The molecule has 4 aromatic heterocycles. The minimum atomic E-state index is -2.91. The zero-order valence-corrected chi connectivity index (χ0v) is 39.0. The molecule has 0 radical (unpaired) electrons. The van der Waals surface area contributed by atoms with Gasteiger partial charge in [0.1, 0.15) is 11.5 Å². The number of fused-ring (bicyclic) bond motifs is 1. The first kappa shape index (κ1) is 43.1. The fraction of sp³-hybridized carbons (Fsp3) is 0.292. The van der Waals surface area contributed by atoms with Gasteiger partial charge in [0, 0.05) is 70.7 Å². The molecule has 0 saturated heterocycles. The van der Waals surface area contributed by atoms with E-state index in [-0.39, 0.29) is 0 Å². The molecule has 0 saturated carbocycles. The quantitative estimate of drug-likeness (QED) is 0.0529. The van der Waals surface area contributed by atoms with Gasteiger partial charge in [-0.15, -0.1) is 45.3 Å². The lowest BCUT2D eigenvalue weighted by Gasteiger charge is -2.27. The standard InChI is InChI=1S/C48H53NO5S4Si/c1-7-11-12-13-14-35-31-43(34-15-17-36(18-16-34)49(37-19-23-39(50-5)24-20-37)38-21-25-40(51-6)26-22-38)58-48(35)46-33-45-44(57-46)32-42(55-45)28-27-41-29-30-47(56-41)59(52-8-2,53-9-3)54-10-4/h15-33H,7-14H2,1-6H3/b28-27+. The summed E-state index contributed by atoms with van der Waals surface area (Å²) in [7, 11) is 0.486. The van der Waals surface area contributed by atoms with Crippen LogP contribution in [0.3, 0.4) is 0 Å². The molecular weight excluding hydrogens is 827 g/mol. The predicted molar refractivity (Wildman–Crippen MR) is 258 cm³/mol. The maximum Gasteiger partial charge on any atom is 0.547 e. The number of aryl methyl sites for hydroxylation is 1. The Labute approximate surface area is 366 Å². The van der Waals surface area contributed by atoms with Crippen LogP contribution >= 0.6 is 45.3 Å². The average molecular weight is 880 g/mol. The number of anilines is 3. The third-order valence-corrected chi connectivity index (χ3v) is 18.3. The Morgan fingerprint density at radius 3 is 1.68 bits per heavy atom. The minimum Gasteiger partial charge on any atom is -0.497 e. The Hall–Kier alpha value is -4.04. The van der Waals surface area contributed by atoms with Gasteiger partial charge in [-0.1, -0.05) is 38.3 Å². The maximum atomic E-state index is 6.15. The number of methoxy groups -OCH3 is 2. The topological polar surface area (TPSA) is 49.4 Å². The van der Waals surface area contributed by atoms with E-state index in [1.54, 1.807) is 25.6 Å². The third kappa shape index (κ3) is 10.1. The number of hydrogen-bond acceptors (Lipinski definition) is 10. The van der Waals surface area contributed by atoms with Gasteiger partial charge in [-0.05, 0) is 148 Å². The highest BCUT2D eigenvalue weighted by atomic mass is 32.1. The van der Waals surface area contributed by atoms with E-state index in [1.807, 2.05) is 79.0 Å². The van der Waals surface area contributed by atoms with Crippen LogP contribution in [0.2, 0.25) is 0 Å². The molecule has 0 N–H and O–H groups in total. The van der Waals surface area contributed by atoms with Crippen molar-refractivity contribution in [3.8, 4) is 31.7 Å². The summed E-state index contributed by atoms with van der Waals surface area (Å²) in [5.41, 5.74) is 5.88. The first-order valence-corrected chi connectivity index (χ1v) is 25.4. The van der Waals surface area contributed by atoms with E-state index in [2.05, 4.69) is 103 Å². The van der Waals surface area contributed by atoms with Crippen LogP contribution in [0.5, 0.6) is 11.5 Å². The second kappa shape index (κ2) is 20.5. The Morgan fingerprint density at radius 2 is 1.12 bits per heavy atom. The molecule has 0 amide bonds. The van der Waals surface area contributed by atoms with E-state index in [0.717, 1.165) is 44.4 Å². The molecule has 308 valence electrons. The van der Waals surface area contributed by atoms with E-state index in [0.29, 0.717) is 19.8 Å². The van der Waals surface area contributed by atoms with Crippen molar-refractivity contribution in [3.63, 3.8) is 0 Å². The number of unbranched alkanes of at least 4 members (excludes halogenated alkanes) is 3. The van der Waals surface area contributed by atoms with Crippen molar-refractivity contribution in [2.24, 2.45) is 0 Å². The van der Waals surface area contributed by atoms with Gasteiger partial charge in [0.15, 0.2) is 0 Å². The largest absolute Gasteiger partial charge is 0.547 e. The zero-order chi connectivity index (χ0) is 41.2. The molecule has 7 rings (SSSR count). The second-order valence-corrected chi connectivity index (χ2v) is 21.2. The summed E-state index contributed by atoms with van der Waals surface area (Å²) < 4.78 is 33.1. The van der Waals surface area contributed by atoms with Crippen LogP contribution in [0.25, 0.3) is 41.7 Å². The second-order valence-electron chi connectivity index (χ2n) is 13.9. The number of nitrogens with zero attached hydrogens (tertiary/aromatic N) is 1. The SMILES string of the molecule is CCCCCCc1cc(-c2ccc(N(c3ccc(OC)cc3)c3ccc(OC)cc3)cc2)sc1-c1cc2sc(/C=C/c3ccc([Si](OCC)(OCC)OCC)s3)cc2s1. The summed E-state index contributed by atoms with van der Waals surface area (Å²) in [5.74, 6) is 1.66. The van der Waals surface area contributed by atoms with E-state index in [1.165, 1.54) is 65.7 Å². The molecule has 0 fully saturated rings. The number of rotatable bonds is 21. The first-order chi connectivity index (χ1) is 28.9. The smallest absolute Gasteiger partial charge is 0.497 e. The van der Waals surface area contributed by atoms with Crippen molar-refractivity contribution >= 4 is 97.3 Å². The van der Waals surface area contributed by atoms with Crippen molar-refractivity contribution in [1.82, 2.24) is 0 Å². The van der Waals surface area contributed by atoms with Crippen LogP contribution in [-0.2, 0) is 19.7 Å². The first-order valence-electron chi connectivity index (χ1n) is 20.5. The van der Waals surface area contributed by atoms with Gasteiger partial charge in [-0.3, -0.25) is 0 Å². The fourth-order valence-electron chi connectivity index (χ4n) is 7.12. The average Bonchev–Trinajstić information content (AvgIpc) is 4.07. The van der Waals surface area contributed by atoms with E-state index in [4.69, 9.17) is 22.8 Å². The summed E-state index contributed by atoms with van der Waals surface area (Å²) in [6.07, 6.45) is 10.5. The lowest BCUT2D eigenvalue weighted by Crippen LogP contribution is -2.55. The van der Waals surface area contributed by atoms with Crippen molar-refractivity contribution < 1.29 is 22.8 Å². The normalized spacial score (nSPS) is 11.9. The number of hydrogen-bond donors (Lipinski definition) is 0. The van der Waals surface area contributed by atoms with Gasteiger partial charge in [0.05, 0.1) is 18.7 Å². The summed E-state index contributed by atoms with van der Waals surface area (Å²) in [6, 6.07) is 36.8. The molecular formula is C48H53NO5S4Si. The van der Waals surface area contributed by atoms with E-state index in [9.17, 15) is 0 Å². The molecule has 59 heavy (non-hydrogen) atoms. The van der Waals surface area contributed by atoms with Crippen LogP contribution in [0, 0.1) is 0 Å². The van der Waals surface area contributed by atoms with Gasteiger partial charge < -0.3 is 27.7 Å². The third-order valence-electron chi connectivity index (χ3n) is 9.97. The summed E-state index contributed by atoms with van der Waals surface area (Å²) in [6.45, 7) is 9.94. The van der Waals surface area contributed by atoms with Gasteiger partial charge in [-0.2, -0.15) is 0 Å². The fourth-order valence-corrected chi connectivity index (χ4v) is 14.9. The Bertz CT molecular complexity index is 2310. The predicted octanol–water partition coefficient (Wildman–Crippen LogP) is 14.5. The maximum absolute atomic E-state index is 6.15. The molecule has 3 aromatic carbocycles. The number of benzene rings is 3. The van der Waals surface area contributed by atoms with Crippen LogP contribution in [0.15, 0.2) is 103 Å². The highest BCUT2D eigenvalue weighted by Crippen LogP contribution is 2.46. The Morgan fingerprint density at radius 1 is 0.542 bits per heavy atom. The molecule has 11 heteroatoms. The van der Waals surface area contributed by atoms with Crippen molar-refractivity contribution in [3.05, 3.63) is 118 Å². The van der Waals surface area contributed by atoms with Gasteiger partial charge in [-0.25, -0.2) is 0 Å². The molecule has 4 heterocycles. The molecule has 0 aliphatic carbocycles. The van der Waals surface area contributed by atoms with Crippen LogP contribution in [0.4, 0.5) is 17.1 Å². The lowest BCUT2D eigenvalue weighted by atomic mass is 10.0. The minimum absolute atomic E-state index is 0.556. The van der Waals surface area contributed by atoms with Gasteiger partial charge in [0.25, 0.3) is 0 Å². The molecule has 0 atom stereocenters. The molecule has 0 unspecified atom stereocenters. The molecule has 6 nitrogen and oxygen atoms in total. The Kier molecular flexibility index (Phi) is 14.9. The summed E-state index contributed by atoms with van der Waals surface area (Å²) >= 11 is 7.39. The monoisotopic (exact) mass is 879 g/mol. The van der Waals surface area contributed by atoms with Gasteiger partial charge in [0.2, 0.25) is 0 Å². The van der Waals surface area contributed by atoms with Crippen LogP contribution in [-0.4, -0.2) is 42.8 Å². The summed E-state index contributed by atoms with van der Waals surface area (Å²) in [5, 5.41) is 0. The van der Waals surface area contributed by atoms with Crippen molar-refractivity contribution in [2.45, 2.75) is 59.8 Å². The van der Waals surface area contributed by atoms with Crippen molar-refractivity contribution in [1.29, 1.82) is 0 Å². The van der Waals surface area contributed by atoms with E-state index < -0.39 is 8.80 Å². The molecule has 0 bridgehead atoms. The molecule has 0 spiro atoms. The molecule has 7 aromatic rings. The highest BCUT2D eigenvalue weighted by Gasteiger charge is 2.44. The molecule has 0 aliphatic heterocycles. The molecule has 0 aliphatic rings. The van der Waals surface area contributed by atoms with Crippen LogP contribution < -0.4 is 18.9 Å². The zero-order valence-electron chi connectivity index (χ0n) is 34.7. The number of thiophene rings is 4.